The smallest absolute Gasteiger partial charge is 0.233 e. The molecule has 0 bridgehead atoms. The van der Waals surface area contributed by atoms with E-state index in [4.69, 9.17) is 4.74 Å². The summed E-state index contributed by atoms with van der Waals surface area (Å²) in [6.45, 7) is 6.66. The Morgan fingerprint density at radius 3 is 2.72 bits per heavy atom. The molecule has 1 atom stereocenters. The van der Waals surface area contributed by atoms with Gasteiger partial charge in [0.2, 0.25) is 11.8 Å². The van der Waals surface area contributed by atoms with Gasteiger partial charge < -0.3 is 19.9 Å². The van der Waals surface area contributed by atoms with E-state index in [9.17, 15) is 9.59 Å². The fourth-order valence-corrected chi connectivity index (χ4v) is 3.52. The van der Waals surface area contributed by atoms with Gasteiger partial charge in [0, 0.05) is 26.2 Å². The SMILES string of the molecule is CC1CCCN(C(=O)CC(=O)Nc2ccccc2N2CCOCC2)C1. The number of anilines is 2. The number of hydrogen-bond acceptors (Lipinski definition) is 4. The van der Waals surface area contributed by atoms with E-state index in [1.54, 1.807) is 0 Å². The first-order valence-electron chi connectivity index (χ1n) is 9.13. The van der Waals surface area contributed by atoms with Gasteiger partial charge in [-0.05, 0) is 30.9 Å². The molecule has 25 heavy (non-hydrogen) atoms. The molecule has 0 aliphatic carbocycles. The van der Waals surface area contributed by atoms with Gasteiger partial charge in [-0.1, -0.05) is 19.1 Å². The molecule has 1 unspecified atom stereocenters. The Morgan fingerprint density at radius 1 is 1.20 bits per heavy atom. The number of morpholine rings is 1. The second-order valence-electron chi connectivity index (χ2n) is 6.93. The van der Waals surface area contributed by atoms with E-state index in [1.807, 2.05) is 29.2 Å². The van der Waals surface area contributed by atoms with Crippen molar-refractivity contribution in [3.63, 3.8) is 0 Å². The lowest BCUT2D eigenvalue weighted by molar-refractivity contribution is -0.136. The molecule has 3 rings (SSSR count). The molecule has 2 heterocycles. The van der Waals surface area contributed by atoms with E-state index < -0.39 is 0 Å². The molecule has 2 saturated heterocycles. The minimum atomic E-state index is -0.246. The minimum absolute atomic E-state index is 0.0760. The predicted octanol–water partition coefficient (Wildman–Crippen LogP) is 2.11. The molecule has 1 aromatic carbocycles. The van der Waals surface area contributed by atoms with Crippen LogP contribution < -0.4 is 10.2 Å². The average molecular weight is 345 g/mol. The summed E-state index contributed by atoms with van der Waals surface area (Å²) in [4.78, 5) is 28.8. The van der Waals surface area contributed by atoms with Gasteiger partial charge in [0.1, 0.15) is 6.42 Å². The molecule has 2 fully saturated rings. The molecular formula is C19H27N3O3. The monoisotopic (exact) mass is 345 g/mol. The summed E-state index contributed by atoms with van der Waals surface area (Å²) >= 11 is 0. The maximum absolute atomic E-state index is 12.4. The second kappa shape index (κ2) is 8.34. The van der Waals surface area contributed by atoms with Gasteiger partial charge in [-0.15, -0.1) is 0 Å². The van der Waals surface area contributed by atoms with E-state index in [0.717, 1.165) is 50.4 Å². The highest BCUT2D eigenvalue weighted by Gasteiger charge is 2.23. The lowest BCUT2D eigenvalue weighted by Crippen LogP contribution is -2.40. The number of nitrogens with one attached hydrogen (secondary N) is 1. The van der Waals surface area contributed by atoms with Gasteiger partial charge in [0.15, 0.2) is 0 Å². The van der Waals surface area contributed by atoms with Gasteiger partial charge in [0.05, 0.1) is 24.6 Å². The Balaban J connectivity index is 1.60. The van der Waals surface area contributed by atoms with E-state index in [2.05, 4.69) is 17.1 Å². The third-order valence-electron chi connectivity index (χ3n) is 4.85. The summed E-state index contributed by atoms with van der Waals surface area (Å²) in [7, 11) is 0. The van der Waals surface area contributed by atoms with Crippen molar-refractivity contribution in [1.82, 2.24) is 4.90 Å². The Bertz CT molecular complexity index is 614. The summed E-state index contributed by atoms with van der Waals surface area (Å²) in [5, 5.41) is 2.92. The molecule has 2 aliphatic rings. The molecule has 6 nitrogen and oxygen atoms in total. The molecule has 0 saturated carbocycles. The second-order valence-corrected chi connectivity index (χ2v) is 6.93. The summed E-state index contributed by atoms with van der Waals surface area (Å²) < 4.78 is 5.39. The first-order valence-corrected chi connectivity index (χ1v) is 9.13. The number of rotatable bonds is 4. The summed E-state index contributed by atoms with van der Waals surface area (Å²) in [6, 6.07) is 7.74. The van der Waals surface area contributed by atoms with Crippen molar-refractivity contribution < 1.29 is 14.3 Å². The van der Waals surface area contributed by atoms with Crippen LogP contribution in [0.25, 0.3) is 0 Å². The third kappa shape index (κ3) is 4.72. The van der Waals surface area contributed by atoms with Crippen molar-refractivity contribution in [2.45, 2.75) is 26.2 Å². The molecule has 6 heteroatoms. The zero-order valence-corrected chi connectivity index (χ0v) is 14.9. The zero-order valence-electron chi connectivity index (χ0n) is 14.9. The lowest BCUT2D eigenvalue weighted by Gasteiger charge is -2.31. The average Bonchev–Trinajstić information content (AvgIpc) is 2.63. The van der Waals surface area contributed by atoms with Gasteiger partial charge in [-0.3, -0.25) is 9.59 Å². The number of likely N-dealkylation sites (tertiary alicyclic amines) is 1. The predicted molar refractivity (Wildman–Crippen MR) is 97.7 cm³/mol. The first kappa shape index (κ1) is 17.7. The van der Waals surface area contributed by atoms with Crippen molar-refractivity contribution in [2.24, 2.45) is 5.92 Å². The molecule has 136 valence electrons. The van der Waals surface area contributed by atoms with Crippen LogP contribution in [0.4, 0.5) is 11.4 Å². The van der Waals surface area contributed by atoms with Crippen LogP contribution in [0.5, 0.6) is 0 Å². The summed E-state index contributed by atoms with van der Waals surface area (Å²) in [5.74, 6) is 0.194. The first-order chi connectivity index (χ1) is 12.1. The highest BCUT2D eigenvalue weighted by Crippen LogP contribution is 2.26. The third-order valence-corrected chi connectivity index (χ3v) is 4.85. The number of piperidine rings is 1. The minimum Gasteiger partial charge on any atom is -0.378 e. The van der Waals surface area contributed by atoms with Crippen LogP contribution in [-0.4, -0.2) is 56.1 Å². The molecule has 2 amide bonds. The maximum atomic E-state index is 12.4. The highest BCUT2D eigenvalue weighted by atomic mass is 16.5. The molecule has 0 aromatic heterocycles. The number of carbonyl (C=O) groups is 2. The van der Waals surface area contributed by atoms with Crippen LogP contribution in [0.15, 0.2) is 24.3 Å². The van der Waals surface area contributed by atoms with E-state index in [-0.39, 0.29) is 18.2 Å². The lowest BCUT2D eigenvalue weighted by atomic mass is 10.00. The number of amides is 2. The van der Waals surface area contributed by atoms with Crippen LogP contribution in [0.2, 0.25) is 0 Å². The Labute approximate surface area is 149 Å². The number of para-hydroxylation sites is 2. The van der Waals surface area contributed by atoms with Crippen LogP contribution in [-0.2, 0) is 14.3 Å². The molecule has 0 spiro atoms. The normalized spacial score (nSPS) is 21.1. The molecule has 1 aromatic rings. The molecular weight excluding hydrogens is 318 g/mol. The van der Waals surface area contributed by atoms with E-state index >= 15 is 0 Å². The van der Waals surface area contributed by atoms with Crippen molar-refractivity contribution in [3.8, 4) is 0 Å². The van der Waals surface area contributed by atoms with Crippen LogP contribution in [0.3, 0.4) is 0 Å². The maximum Gasteiger partial charge on any atom is 0.233 e. The quantitative estimate of drug-likeness (QED) is 0.849. The van der Waals surface area contributed by atoms with Gasteiger partial charge in [-0.25, -0.2) is 0 Å². The number of ether oxygens (including phenoxy) is 1. The Hall–Kier alpha value is -2.08. The van der Waals surface area contributed by atoms with Gasteiger partial charge in [-0.2, -0.15) is 0 Å². The largest absolute Gasteiger partial charge is 0.378 e. The molecule has 0 radical (unpaired) electrons. The van der Waals surface area contributed by atoms with E-state index in [0.29, 0.717) is 19.1 Å². The standard InChI is InChI=1S/C19H27N3O3/c1-15-5-4-8-22(14-15)19(24)13-18(23)20-16-6-2-3-7-17(16)21-9-11-25-12-10-21/h2-3,6-7,15H,4-5,8-14H2,1H3,(H,20,23). The van der Waals surface area contributed by atoms with Crippen LogP contribution in [0.1, 0.15) is 26.2 Å². The Morgan fingerprint density at radius 2 is 1.96 bits per heavy atom. The summed E-state index contributed by atoms with van der Waals surface area (Å²) in [5.41, 5.74) is 1.74. The van der Waals surface area contributed by atoms with Crippen molar-refractivity contribution in [3.05, 3.63) is 24.3 Å². The highest BCUT2D eigenvalue weighted by molar-refractivity contribution is 6.05. The van der Waals surface area contributed by atoms with Gasteiger partial charge in [0.25, 0.3) is 0 Å². The fourth-order valence-electron chi connectivity index (χ4n) is 3.52. The fraction of sp³-hybridized carbons (Fsp3) is 0.579. The zero-order chi connectivity index (χ0) is 17.6. The van der Waals surface area contributed by atoms with E-state index in [1.165, 1.54) is 0 Å². The van der Waals surface area contributed by atoms with Crippen molar-refractivity contribution in [1.29, 1.82) is 0 Å². The molecule has 1 N–H and O–H groups in total. The number of nitrogens with zero attached hydrogens (tertiary/aromatic N) is 2. The molecule has 2 aliphatic heterocycles. The summed E-state index contributed by atoms with van der Waals surface area (Å²) in [6.07, 6.45) is 2.08. The topological polar surface area (TPSA) is 61.9 Å². The number of carbonyl (C=O) groups excluding carboxylic acids is 2. The Kier molecular flexibility index (Phi) is 5.91. The van der Waals surface area contributed by atoms with Crippen LogP contribution >= 0.6 is 0 Å². The number of benzene rings is 1. The number of hydrogen-bond donors (Lipinski definition) is 1. The van der Waals surface area contributed by atoms with Crippen LogP contribution in [0, 0.1) is 5.92 Å². The van der Waals surface area contributed by atoms with Gasteiger partial charge >= 0.3 is 0 Å². The van der Waals surface area contributed by atoms with Crippen molar-refractivity contribution in [2.75, 3.05) is 49.6 Å². The van der Waals surface area contributed by atoms with Crippen molar-refractivity contribution >= 4 is 23.2 Å².